The van der Waals surface area contributed by atoms with Crippen LogP contribution in [-0.2, 0) is 0 Å². The Balaban J connectivity index is 2.11. The Morgan fingerprint density at radius 3 is 2.13 bits per heavy atom. The summed E-state index contributed by atoms with van der Waals surface area (Å²) in [5.41, 5.74) is 0.646. The van der Waals surface area contributed by atoms with Gasteiger partial charge in [0.05, 0.1) is 19.8 Å². The van der Waals surface area contributed by atoms with Crippen LogP contribution in [0.15, 0.2) is 54.6 Å². The maximum atomic E-state index is 13.9. The van der Waals surface area contributed by atoms with E-state index in [9.17, 15) is 9.18 Å². The van der Waals surface area contributed by atoms with Crippen molar-refractivity contribution in [3.8, 4) is 11.5 Å². The van der Waals surface area contributed by atoms with Crippen molar-refractivity contribution in [1.29, 1.82) is 0 Å². The zero-order valence-corrected chi connectivity index (χ0v) is 12.8. The van der Waals surface area contributed by atoms with E-state index in [2.05, 4.69) is 0 Å². The van der Waals surface area contributed by atoms with E-state index in [0.717, 1.165) is 10.8 Å². The molecule has 3 aromatic rings. The molecule has 3 aromatic carbocycles. The third-order valence-corrected chi connectivity index (χ3v) is 3.73. The summed E-state index contributed by atoms with van der Waals surface area (Å²) in [5, 5.41) is 1.90. The quantitative estimate of drug-likeness (QED) is 0.677. The number of carbonyl (C=O) groups excluding carboxylic acids is 1. The summed E-state index contributed by atoms with van der Waals surface area (Å²) in [6.07, 6.45) is 0. The minimum Gasteiger partial charge on any atom is -0.496 e. The summed E-state index contributed by atoms with van der Waals surface area (Å²) in [6, 6.07) is 15.4. The number of benzene rings is 3. The van der Waals surface area contributed by atoms with E-state index in [1.807, 2.05) is 30.3 Å². The lowest BCUT2D eigenvalue weighted by atomic mass is 9.98. The molecule has 0 saturated carbocycles. The number of rotatable bonds is 4. The van der Waals surface area contributed by atoms with Crippen molar-refractivity contribution in [3.05, 3.63) is 71.5 Å². The van der Waals surface area contributed by atoms with Gasteiger partial charge in [0.2, 0.25) is 0 Å². The van der Waals surface area contributed by atoms with Gasteiger partial charge in [-0.1, -0.05) is 24.3 Å². The van der Waals surface area contributed by atoms with Crippen molar-refractivity contribution in [2.24, 2.45) is 0 Å². The van der Waals surface area contributed by atoms with Crippen LogP contribution in [0.3, 0.4) is 0 Å². The maximum absolute atomic E-state index is 13.9. The van der Waals surface area contributed by atoms with Crippen molar-refractivity contribution < 1.29 is 18.7 Å². The number of ketones is 1. The molecule has 0 unspecified atom stereocenters. The Labute approximate surface area is 133 Å². The van der Waals surface area contributed by atoms with Crippen molar-refractivity contribution in [2.45, 2.75) is 0 Å². The van der Waals surface area contributed by atoms with Gasteiger partial charge in [0.25, 0.3) is 0 Å². The highest BCUT2D eigenvalue weighted by atomic mass is 19.1. The smallest absolute Gasteiger partial charge is 0.196 e. The lowest BCUT2D eigenvalue weighted by Crippen LogP contribution is -2.05. The molecule has 3 nitrogen and oxygen atoms in total. The lowest BCUT2D eigenvalue weighted by Gasteiger charge is -2.10. The number of halogens is 1. The highest BCUT2D eigenvalue weighted by molar-refractivity contribution is 6.12. The number of carbonyl (C=O) groups is 1. The van der Waals surface area contributed by atoms with E-state index in [-0.39, 0.29) is 17.1 Å². The van der Waals surface area contributed by atoms with Crippen LogP contribution in [0.1, 0.15) is 15.9 Å². The Hall–Kier alpha value is -2.88. The fraction of sp³-hybridized carbons (Fsp3) is 0.105. The topological polar surface area (TPSA) is 35.5 Å². The zero-order chi connectivity index (χ0) is 16.4. The molecule has 4 heteroatoms. The van der Waals surface area contributed by atoms with Crippen molar-refractivity contribution in [2.75, 3.05) is 14.2 Å². The largest absolute Gasteiger partial charge is 0.496 e. The molecule has 0 heterocycles. The Bertz CT molecular complexity index is 887. The summed E-state index contributed by atoms with van der Waals surface area (Å²) < 4.78 is 24.1. The van der Waals surface area contributed by atoms with E-state index < -0.39 is 5.82 Å². The van der Waals surface area contributed by atoms with Crippen LogP contribution in [0, 0.1) is 5.82 Å². The number of hydrogen-bond donors (Lipinski definition) is 0. The maximum Gasteiger partial charge on any atom is 0.196 e. The van der Waals surface area contributed by atoms with Gasteiger partial charge < -0.3 is 9.47 Å². The van der Waals surface area contributed by atoms with Crippen molar-refractivity contribution >= 4 is 16.6 Å². The molecule has 0 aromatic heterocycles. The second kappa shape index (κ2) is 6.08. The summed E-state index contributed by atoms with van der Waals surface area (Å²) in [7, 11) is 2.89. The molecule has 3 rings (SSSR count). The molecule has 0 aliphatic heterocycles. The van der Waals surface area contributed by atoms with Crippen molar-refractivity contribution in [3.63, 3.8) is 0 Å². The summed E-state index contributed by atoms with van der Waals surface area (Å²) in [5.74, 6) is -0.302. The molecule has 0 aliphatic carbocycles. The summed E-state index contributed by atoms with van der Waals surface area (Å²) >= 11 is 0. The molecule has 0 fully saturated rings. The highest BCUT2D eigenvalue weighted by Crippen LogP contribution is 2.29. The standard InChI is InChI=1S/C19H15FO3/c1-22-17-8-7-14(10-16(17)20)19(21)15-9-12-5-3-4-6-13(12)11-18(15)23-2/h3-11H,1-2H3. The third kappa shape index (κ3) is 2.75. The molecule has 23 heavy (non-hydrogen) atoms. The van der Waals surface area contributed by atoms with E-state index in [1.165, 1.54) is 26.4 Å². The van der Waals surface area contributed by atoms with Crippen LogP contribution in [0.2, 0.25) is 0 Å². The fourth-order valence-electron chi connectivity index (χ4n) is 2.53. The van der Waals surface area contributed by atoms with Gasteiger partial charge in [-0.2, -0.15) is 0 Å². The molecular formula is C19H15FO3. The van der Waals surface area contributed by atoms with Gasteiger partial charge in [-0.05, 0) is 41.1 Å². The minimum absolute atomic E-state index is 0.104. The molecule has 0 aliphatic rings. The first-order valence-electron chi connectivity index (χ1n) is 7.09. The average molecular weight is 310 g/mol. The van der Waals surface area contributed by atoms with Gasteiger partial charge >= 0.3 is 0 Å². The SMILES string of the molecule is COc1ccc(C(=O)c2cc3ccccc3cc2OC)cc1F. The normalized spacial score (nSPS) is 10.6. The molecule has 0 amide bonds. The number of methoxy groups -OCH3 is 2. The first kappa shape index (κ1) is 15.0. The van der Waals surface area contributed by atoms with Crippen LogP contribution >= 0.6 is 0 Å². The Morgan fingerprint density at radius 1 is 0.870 bits per heavy atom. The number of hydrogen-bond acceptors (Lipinski definition) is 3. The van der Waals surface area contributed by atoms with Gasteiger partial charge in [-0.3, -0.25) is 4.79 Å². The fourth-order valence-corrected chi connectivity index (χ4v) is 2.53. The van der Waals surface area contributed by atoms with Gasteiger partial charge in [0.1, 0.15) is 5.75 Å². The first-order chi connectivity index (χ1) is 11.1. The predicted octanol–water partition coefficient (Wildman–Crippen LogP) is 4.23. The number of ether oxygens (including phenoxy) is 2. The van der Waals surface area contributed by atoms with E-state index in [1.54, 1.807) is 12.1 Å². The summed E-state index contributed by atoms with van der Waals surface area (Å²) in [6.45, 7) is 0. The van der Waals surface area contributed by atoms with Crippen LogP contribution in [0.5, 0.6) is 11.5 Å². The molecule has 0 N–H and O–H groups in total. The van der Waals surface area contributed by atoms with Gasteiger partial charge in [-0.25, -0.2) is 4.39 Å². The zero-order valence-electron chi connectivity index (χ0n) is 12.8. The molecule has 0 radical (unpaired) electrons. The first-order valence-corrected chi connectivity index (χ1v) is 7.09. The molecular weight excluding hydrogens is 295 g/mol. The molecule has 0 saturated heterocycles. The molecule has 116 valence electrons. The average Bonchev–Trinajstić information content (AvgIpc) is 2.59. The predicted molar refractivity (Wildman–Crippen MR) is 86.9 cm³/mol. The molecule has 0 spiro atoms. The van der Waals surface area contributed by atoms with Crippen LogP contribution < -0.4 is 9.47 Å². The monoisotopic (exact) mass is 310 g/mol. The van der Waals surface area contributed by atoms with Crippen LogP contribution in [0.4, 0.5) is 4.39 Å². The van der Waals surface area contributed by atoms with Gasteiger partial charge in [0.15, 0.2) is 17.3 Å². The van der Waals surface area contributed by atoms with Gasteiger partial charge in [0, 0.05) is 5.56 Å². The van der Waals surface area contributed by atoms with Crippen molar-refractivity contribution in [1.82, 2.24) is 0 Å². The van der Waals surface area contributed by atoms with Crippen LogP contribution in [0.25, 0.3) is 10.8 Å². The number of fused-ring (bicyclic) bond motifs is 1. The highest BCUT2D eigenvalue weighted by Gasteiger charge is 2.17. The second-order valence-electron chi connectivity index (χ2n) is 5.08. The second-order valence-corrected chi connectivity index (χ2v) is 5.08. The summed E-state index contributed by atoms with van der Waals surface area (Å²) in [4.78, 5) is 12.7. The van der Waals surface area contributed by atoms with Crippen LogP contribution in [-0.4, -0.2) is 20.0 Å². The third-order valence-electron chi connectivity index (χ3n) is 3.73. The van der Waals surface area contributed by atoms with E-state index in [0.29, 0.717) is 11.3 Å². The minimum atomic E-state index is -0.571. The van der Waals surface area contributed by atoms with E-state index in [4.69, 9.17) is 9.47 Å². The lowest BCUT2D eigenvalue weighted by molar-refractivity contribution is 0.103. The molecule has 0 atom stereocenters. The van der Waals surface area contributed by atoms with E-state index >= 15 is 0 Å². The Morgan fingerprint density at radius 2 is 1.52 bits per heavy atom. The molecule has 0 bridgehead atoms. The van der Waals surface area contributed by atoms with Gasteiger partial charge in [-0.15, -0.1) is 0 Å². The Kier molecular flexibility index (Phi) is 3.98.